The smallest absolute Gasteiger partial charge is 0.275 e. The van der Waals surface area contributed by atoms with E-state index in [1.54, 1.807) is 22.2 Å². The lowest BCUT2D eigenvalue weighted by Gasteiger charge is -2.24. The van der Waals surface area contributed by atoms with Crippen molar-refractivity contribution >= 4 is 37.1 Å². The van der Waals surface area contributed by atoms with Crippen LogP contribution in [0, 0.1) is 0 Å². The van der Waals surface area contributed by atoms with Gasteiger partial charge in [0, 0.05) is 43.0 Å². The van der Waals surface area contributed by atoms with Gasteiger partial charge in [-0.2, -0.15) is 0 Å². The molecule has 0 N–H and O–H groups in total. The Balaban J connectivity index is 1.30. The largest absolute Gasteiger partial charge is 0.370 e. The predicted octanol–water partition coefficient (Wildman–Crippen LogP) is 2.88. The number of anilines is 1. The minimum atomic E-state index is -2.94. The van der Waals surface area contributed by atoms with Crippen LogP contribution in [0.15, 0.2) is 41.5 Å². The van der Waals surface area contributed by atoms with Crippen molar-refractivity contribution in [2.24, 2.45) is 0 Å². The van der Waals surface area contributed by atoms with Gasteiger partial charge in [0.1, 0.15) is 20.9 Å². The number of aromatic nitrogens is 2. The van der Waals surface area contributed by atoms with Crippen LogP contribution in [0.4, 0.5) is 5.69 Å². The number of sulfone groups is 1. The summed E-state index contributed by atoms with van der Waals surface area (Å²) in [6, 6.07) is 10.1. The summed E-state index contributed by atoms with van der Waals surface area (Å²) in [6.45, 7) is 4.14. The third kappa shape index (κ3) is 4.74. The molecule has 2 aliphatic rings. The minimum Gasteiger partial charge on any atom is -0.370 e. The van der Waals surface area contributed by atoms with Crippen LogP contribution in [0.2, 0.25) is 0 Å². The van der Waals surface area contributed by atoms with Crippen LogP contribution >= 0.6 is 11.3 Å². The highest BCUT2D eigenvalue weighted by Gasteiger charge is 2.26. The van der Waals surface area contributed by atoms with Gasteiger partial charge in [-0.15, -0.1) is 11.3 Å². The molecule has 0 radical (unpaired) electrons. The Labute approximate surface area is 192 Å². The predicted molar refractivity (Wildman–Crippen MR) is 130 cm³/mol. The van der Waals surface area contributed by atoms with Crippen molar-refractivity contribution < 1.29 is 8.42 Å². The molecule has 0 spiro atoms. The standard InChI is InChI=1S/C23H28N4O3S2/c1-32(29,30)14-13-25-9-2-10-26(12-11-25)18-5-7-19(8-6-18)27-16-24-20-15-21(17-3-4-17)31-22(20)23(27)28/h5-8,15-17H,2-4,9-14H2,1H3. The summed E-state index contributed by atoms with van der Waals surface area (Å²) in [7, 11) is -2.94. The van der Waals surface area contributed by atoms with Crippen LogP contribution in [0.5, 0.6) is 0 Å². The Kier molecular flexibility index (Phi) is 5.81. The number of rotatable bonds is 6. The molecule has 0 atom stereocenters. The van der Waals surface area contributed by atoms with Gasteiger partial charge in [0.2, 0.25) is 0 Å². The molecule has 170 valence electrons. The highest BCUT2D eigenvalue weighted by atomic mass is 32.2. The van der Waals surface area contributed by atoms with Crippen molar-refractivity contribution in [2.45, 2.75) is 25.2 Å². The molecule has 0 unspecified atom stereocenters. The second kappa shape index (κ2) is 8.61. The molecule has 3 aromatic rings. The van der Waals surface area contributed by atoms with E-state index in [0.717, 1.165) is 54.2 Å². The number of hydrogen-bond donors (Lipinski definition) is 0. The molecule has 1 saturated carbocycles. The lowest BCUT2D eigenvalue weighted by Crippen LogP contribution is -2.33. The van der Waals surface area contributed by atoms with Gasteiger partial charge in [-0.1, -0.05) is 0 Å². The van der Waals surface area contributed by atoms with Crippen molar-refractivity contribution in [3.8, 4) is 5.69 Å². The molecule has 1 saturated heterocycles. The van der Waals surface area contributed by atoms with Crippen LogP contribution in [0.1, 0.15) is 30.1 Å². The molecular formula is C23H28N4O3S2. The maximum atomic E-state index is 13.1. The second-order valence-electron chi connectivity index (χ2n) is 8.89. The third-order valence-corrected chi connectivity index (χ3v) is 8.50. The summed E-state index contributed by atoms with van der Waals surface area (Å²) in [4.78, 5) is 23.4. The van der Waals surface area contributed by atoms with Crippen molar-refractivity contribution in [3.05, 3.63) is 51.9 Å². The molecule has 0 bridgehead atoms. The molecule has 1 aliphatic carbocycles. The van der Waals surface area contributed by atoms with Crippen molar-refractivity contribution in [1.82, 2.24) is 14.5 Å². The first-order chi connectivity index (χ1) is 15.4. The van der Waals surface area contributed by atoms with E-state index in [0.29, 0.717) is 12.5 Å². The Morgan fingerprint density at radius 2 is 1.81 bits per heavy atom. The second-order valence-corrected chi connectivity index (χ2v) is 12.2. The van der Waals surface area contributed by atoms with Crippen LogP contribution in [-0.2, 0) is 9.84 Å². The summed E-state index contributed by atoms with van der Waals surface area (Å²) in [6.07, 6.45) is 6.35. The van der Waals surface area contributed by atoms with Gasteiger partial charge in [0.15, 0.2) is 0 Å². The molecule has 0 amide bonds. The highest BCUT2D eigenvalue weighted by molar-refractivity contribution is 7.90. The quantitative estimate of drug-likeness (QED) is 0.549. The topological polar surface area (TPSA) is 75.5 Å². The Hall–Kier alpha value is -2.23. The maximum Gasteiger partial charge on any atom is 0.275 e. The summed E-state index contributed by atoms with van der Waals surface area (Å²) < 4.78 is 25.3. The first kappa shape index (κ1) is 21.6. The van der Waals surface area contributed by atoms with Gasteiger partial charge in [-0.25, -0.2) is 13.4 Å². The van der Waals surface area contributed by atoms with Crippen molar-refractivity contribution in [3.63, 3.8) is 0 Å². The first-order valence-corrected chi connectivity index (χ1v) is 14.0. The monoisotopic (exact) mass is 472 g/mol. The highest BCUT2D eigenvalue weighted by Crippen LogP contribution is 2.44. The molecule has 3 heterocycles. The minimum absolute atomic E-state index is 0.00376. The first-order valence-electron chi connectivity index (χ1n) is 11.1. The van der Waals surface area contributed by atoms with Crippen LogP contribution in [0.25, 0.3) is 15.9 Å². The van der Waals surface area contributed by atoms with Gasteiger partial charge < -0.3 is 9.80 Å². The molecular weight excluding hydrogens is 444 g/mol. The van der Waals surface area contributed by atoms with Crippen molar-refractivity contribution in [1.29, 1.82) is 0 Å². The number of benzene rings is 1. The van der Waals surface area contributed by atoms with E-state index in [2.05, 4.69) is 33.0 Å². The normalized spacial score (nSPS) is 18.2. The molecule has 2 aromatic heterocycles. The van der Waals surface area contributed by atoms with E-state index in [1.165, 1.54) is 24.0 Å². The molecule has 9 heteroatoms. The number of hydrogen-bond acceptors (Lipinski definition) is 7. The third-order valence-electron chi connectivity index (χ3n) is 6.30. The Morgan fingerprint density at radius 1 is 1.06 bits per heavy atom. The van der Waals surface area contributed by atoms with Gasteiger partial charge in [-0.05, 0) is 62.1 Å². The summed E-state index contributed by atoms with van der Waals surface area (Å²) in [5, 5.41) is 0. The van der Waals surface area contributed by atoms with Gasteiger partial charge >= 0.3 is 0 Å². The molecule has 7 nitrogen and oxygen atoms in total. The fourth-order valence-electron chi connectivity index (χ4n) is 4.26. The maximum absolute atomic E-state index is 13.1. The zero-order valence-electron chi connectivity index (χ0n) is 18.2. The van der Waals surface area contributed by atoms with Gasteiger partial charge in [0.25, 0.3) is 5.56 Å². The van der Waals surface area contributed by atoms with Crippen molar-refractivity contribution in [2.75, 3.05) is 49.6 Å². The number of nitrogens with zero attached hydrogens (tertiary/aromatic N) is 4. The number of thiophene rings is 1. The van der Waals surface area contributed by atoms with E-state index in [9.17, 15) is 13.2 Å². The average molecular weight is 473 g/mol. The average Bonchev–Trinajstić information content (AvgIpc) is 3.56. The molecule has 32 heavy (non-hydrogen) atoms. The van der Waals surface area contributed by atoms with E-state index in [-0.39, 0.29) is 11.3 Å². The molecule has 1 aromatic carbocycles. The molecule has 1 aliphatic heterocycles. The van der Waals surface area contributed by atoms with E-state index >= 15 is 0 Å². The zero-order valence-corrected chi connectivity index (χ0v) is 19.9. The van der Waals surface area contributed by atoms with E-state index in [1.807, 2.05) is 12.1 Å². The Bertz CT molecular complexity index is 1280. The van der Waals surface area contributed by atoms with E-state index < -0.39 is 9.84 Å². The summed E-state index contributed by atoms with van der Waals surface area (Å²) >= 11 is 1.59. The number of fused-ring (bicyclic) bond motifs is 1. The van der Waals surface area contributed by atoms with Crippen LogP contribution in [0.3, 0.4) is 0 Å². The SMILES string of the molecule is CS(=O)(=O)CCN1CCCN(c2ccc(-n3cnc4cc(C5CC5)sc4c3=O)cc2)CC1. The Morgan fingerprint density at radius 3 is 2.53 bits per heavy atom. The molecule has 2 fully saturated rings. The lowest BCUT2D eigenvalue weighted by molar-refractivity contribution is 0.310. The van der Waals surface area contributed by atoms with Gasteiger partial charge in [0.05, 0.1) is 17.0 Å². The zero-order chi connectivity index (χ0) is 22.3. The summed E-state index contributed by atoms with van der Waals surface area (Å²) in [5.41, 5.74) is 2.74. The van der Waals surface area contributed by atoms with Gasteiger partial charge in [-0.3, -0.25) is 9.36 Å². The fourth-order valence-corrected chi connectivity index (χ4v) is 6.06. The fraction of sp³-hybridized carbons (Fsp3) is 0.478. The molecule has 5 rings (SSSR count). The van der Waals surface area contributed by atoms with Crippen LogP contribution in [-0.4, -0.2) is 67.6 Å². The summed E-state index contributed by atoms with van der Waals surface area (Å²) in [5.74, 6) is 0.832. The lowest BCUT2D eigenvalue weighted by atomic mass is 10.2. The van der Waals surface area contributed by atoms with E-state index in [4.69, 9.17) is 0 Å². The van der Waals surface area contributed by atoms with Crippen LogP contribution < -0.4 is 10.5 Å².